The number of hydrogen-bond donors (Lipinski definition) is 0. The van der Waals surface area contributed by atoms with Crippen LogP contribution >= 0.6 is 27.5 Å². The lowest BCUT2D eigenvalue weighted by atomic mass is 10.1. The second-order valence-electron chi connectivity index (χ2n) is 4.16. The van der Waals surface area contributed by atoms with Crippen LogP contribution in [0.2, 0.25) is 5.02 Å². The Hall–Kier alpha value is -1.65. The highest BCUT2D eigenvalue weighted by atomic mass is 79.9. The summed E-state index contributed by atoms with van der Waals surface area (Å²) >= 11 is 9.22. The fourth-order valence-electron chi connectivity index (χ4n) is 1.68. The quantitative estimate of drug-likeness (QED) is 0.576. The molecule has 3 nitrogen and oxygen atoms in total. The molecular weight excluding hydrogens is 354 g/mol. The average molecular weight is 367 g/mol. The van der Waals surface area contributed by atoms with Gasteiger partial charge in [0.15, 0.2) is 5.71 Å². The first kappa shape index (κ1) is 15.7. The summed E-state index contributed by atoms with van der Waals surface area (Å²) in [5.41, 5.74) is 1.61. The van der Waals surface area contributed by atoms with Gasteiger partial charge in [-0.2, -0.15) is 0 Å². The van der Waals surface area contributed by atoms with Crippen LogP contribution in [0.25, 0.3) is 0 Å². The predicted molar refractivity (Wildman–Crippen MR) is 88.4 cm³/mol. The number of carbonyl (C=O) groups is 1. The number of esters is 1. The average Bonchev–Trinajstić information content (AvgIpc) is 2.48. The third-order valence-corrected chi connectivity index (χ3v) is 3.43. The molecule has 0 N–H and O–H groups in total. The van der Waals surface area contributed by atoms with Crippen molar-refractivity contribution < 1.29 is 9.53 Å². The van der Waals surface area contributed by atoms with Crippen molar-refractivity contribution in [3.63, 3.8) is 0 Å². The lowest BCUT2D eigenvalue weighted by molar-refractivity contribution is -0.134. The topological polar surface area (TPSA) is 38.7 Å². The first-order valence-electron chi connectivity index (χ1n) is 6.37. The van der Waals surface area contributed by atoms with Crippen LogP contribution in [0.3, 0.4) is 0 Å². The van der Waals surface area contributed by atoms with Crippen LogP contribution in [0.4, 0.5) is 5.69 Å². The fourth-order valence-corrected chi connectivity index (χ4v) is 2.07. The van der Waals surface area contributed by atoms with Gasteiger partial charge in [-0.3, -0.25) is 0 Å². The third kappa shape index (κ3) is 4.41. The van der Waals surface area contributed by atoms with E-state index in [9.17, 15) is 4.79 Å². The van der Waals surface area contributed by atoms with E-state index in [1.54, 1.807) is 31.2 Å². The molecule has 21 heavy (non-hydrogen) atoms. The van der Waals surface area contributed by atoms with E-state index in [4.69, 9.17) is 16.3 Å². The van der Waals surface area contributed by atoms with Crippen LogP contribution in [0.5, 0.6) is 0 Å². The molecule has 0 aromatic heterocycles. The van der Waals surface area contributed by atoms with Gasteiger partial charge in [0.25, 0.3) is 0 Å². The van der Waals surface area contributed by atoms with Gasteiger partial charge in [0.2, 0.25) is 0 Å². The highest BCUT2D eigenvalue weighted by Crippen LogP contribution is 2.19. The van der Waals surface area contributed by atoms with E-state index >= 15 is 0 Å². The molecular formula is C16H13BrClNO2. The van der Waals surface area contributed by atoms with Crippen molar-refractivity contribution in [1.82, 2.24) is 0 Å². The number of hydrogen-bond acceptors (Lipinski definition) is 3. The molecule has 0 atom stereocenters. The van der Waals surface area contributed by atoms with Crippen molar-refractivity contribution in [2.24, 2.45) is 4.99 Å². The van der Waals surface area contributed by atoms with E-state index in [0.717, 1.165) is 4.47 Å². The first-order valence-corrected chi connectivity index (χ1v) is 7.54. The van der Waals surface area contributed by atoms with Crippen molar-refractivity contribution >= 4 is 44.9 Å². The highest BCUT2D eigenvalue weighted by Gasteiger charge is 2.15. The lowest BCUT2D eigenvalue weighted by Crippen LogP contribution is -2.18. The van der Waals surface area contributed by atoms with Gasteiger partial charge >= 0.3 is 5.97 Å². The van der Waals surface area contributed by atoms with E-state index in [0.29, 0.717) is 22.9 Å². The van der Waals surface area contributed by atoms with E-state index in [-0.39, 0.29) is 5.71 Å². The molecule has 0 aliphatic carbocycles. The molecule has 0 amide bonds. The maximum absolute atomic E-state index is 12.1. The Labute approximate surface area is 136 Å². The summed E-state index contributed by atoms with van der Waals surface area (Å²) in [7, 11) is 0. The normalized spacial score (nSPS) is 11.3. The Balaban J connectivity index is 2.42. The summed E-state index contributed by atoms with van der Waals surface area (Å²) in [5, 5.41) is 0.621. The fraction of sp³-hybridized carbons (Fsp3) is 0.125. The largest absolute Gasteiger partial charge is 0.461 e. The molecule has 0 saturated heterocycles. The summed E-state index contributed by atoms with van der Waals surface area (Å²) in [6.07, 6.45) is 0. The van der Waals surface area contributed by atoms with Crippen LogP contribution < -0.4 is 0 Å². The van der Waals surface area contributed by atoms with Crippen molar-refractivity contribution in [3.8, 4) is 0 Å². The molecule has 0 spiro atoms. The molecule has 0 heterocycles. The summed E-state index contributed by atoms with van der Waals surface area (Å²) in [4.78, 5) is 16.5. The molecule has 0 aliphatic rings. The Kier molecular flexibility index (Phi) is 5.53. The minimum atomic E-state index is -0.449. The van der Waals surface area contributed by atoms with Crippen LogP contribution in [-0.2, 0) is 9.53 Å². The van der Waals surface area contributed by atoms with Gasteiger partial charge in [0, 0.05) is 15.1 Å². The van der Waals surface area contributed by atoms with Gasteiger partial charge in [-0.05, 0) is 43.3 Å². The lowest BCUT2D eigenvalue weighted by Gasteiger charge is -2.07. The van der Waals surface area contributed by atoms with Crippen LogP contribution in [0.15, 0.2) is 58.0 Å². The molecule has 0 fully saturated rings. The molecule has 0 saturated carbocycles. The second-order valence-corrected chi connectivity index (χ2v) is 5.52. The van der Waals surface area contributed by atoms with Crippen molar-refractivity contribution in [3.05, 3.63) is 63.6 Å². The number of aliphatic imine (C=N–C) groups is 1. The maximum atomic E-state index is 12.1. The van der Waals surface area contributed by atoms with Crippen LogP contribution in [-0.4, -0.2) is 18.3 Å². The Morgan fingerprint density at radius 2 is 1.76 bits per heavy atom. The van der Waals surface area contributed by atoms with Gasteiger partial charge in [-0.15, -0.1) is 0 Å². The zero-order valence-corrected chi connectivity index (χ0v) is 13.7. The summed E-state index contributed by atoms with van der Waals surface area (Å²) in [5.74, 6) is -0.449. The zero-order valence-electron chi connectivity index (χ0n) is 11.3. The van der Waals surface area contributed by atoms with Crippen molar-refractivity contribution in [2.75, 3.05) is 6.61 Å². The molecule has 0 aliphatic heterocycles. The number of benzene rings is 2. The minimum absolute atomic E-state index is 0.270. The number of rotatable bonds is 4. The highest BCUT2D eigenvalue weighted by molar-refractivity contribution is 9.10. The summed E-state index contributed by atoms with van der Waals surface area (Å²) in [6.45, 7) is 2.06. The Bertz CT molecular complexity index is 651. The van der Waals surface area contributed by atoms with Crippen molar-refractivity contribution in [2.45, 2.75) is 6.92 Å². The third-order valence-electron chi connectivity index (χ3n) is 2.65. The van der Waals surface area contributed by atoms with E-state index < -0.39 is 5.97 Å². The molecule has 2 aromatic rings. The monoisotopic (exact) mass is 365 g/mol. The SMILES string of the molecule is CCOC(=O)/C(=N/c1ccc(Cl)cc1)c1ccc(Br)cc1. The maximum Gasteiger partial charge on any atom is 0.357 e. The Morgan fingerprint density at radius 3 is 2.33 bits per heavy atom. The molecule has 2 aromatic carbocycles. The van der Waals surface area contributed by atoms with Gasteiger partial charge in [-0.1, -0.05) is 39.7 Å². The smallest absolute Gasteiger partial charge is 0.357 e. The molecule has 2 rings (SSSR count). The molecule has 0 radical (unpaired) electrons. The minimum Gasteiger partial charge on any atom is -0.461 e. The van der Waals surface area contributed by atoms with Crippen LogP contribution in [0, 0.1) is 0 Å². The number of carbonyl (C=O) groups excluding carboxylic acids is 1. The van der Waals surface area contributed by atoms with Gasteiger partial charge < -0.3 is 4.74 Å². The summed E-state index contributed by atoms with van der Waals surface area (Å²) in [6, 6.07) is 14.3. The second kappa shape index (κ2) is 7.38. The van der Waals surface area contributed by atoms with E-state index in [1.165, 1.54) is 0 Å². The van der Waals surface area contributed by atoms with Crippen molar-refractivity contribution in [1.29, 1.82) is 0 Å². The van der Waals surface area contributed by atoms with E-state index in [1.807, 2.05) is 24.3 Å². The number of nitrogens with zero attached hydrogens (tertiary/aromatic N) is 1. The van der Waals surface area contributed by atoms with Gasteiger partial charge in [-0.25, -0.2) is 9.79 Å². The first-order chi connectivity index (χ1) is 10.1. The van der Waals surface area contributed by atoms with Gasteiger partial charge in [0.05, 0.1) is 12.3 Å². The number of ether oxygens (including phenoxy) is 1. The molecule has 0 unspecified atom stereocenters. The van der Waals surface area contributed by atoms with Crippen LogP contribution in [0.1, 0.15) is 12.5 Å². The summed E-state index contributed by atoms with van der Waals surface area (Å²) < 4.78 is 6.01. The van der Waals surface area contributed by atoms with Gasteiger partial charge in [0.1, 0.15) is 0 Å². The predicted octanol–water partition coefficient (Wildman–Crippen LogP) is 4.79. The molecule has 5 heteroatoms. The van der Waals surface area contributed by atoms with E-state index in [2.05, 4.69) is 20.9 Å². The Morgan fingerprint density at radius 1 is 1.14 bits per heavy atom. The molecule has 108 valence electrons. The number of halogens is 2. The molecule has 0 bridgehead atoms. The zero-order chi connectivity index (χ0) is 15.2. The standard InChI is InChI=1S/C16H13BrClNO2/c1-2-21-16(20)15(11-3-5-12(17)6-4-11)19-14-9-7-13(18)8-10-14/h3-10H,2H2,1H3/b19-15+.